The summed E-state index contributed by atoms with van der Waals surface area (Å²) in [6, 6.07) is 0.406. The smallest absolute Gasteiger partial charge is 0.239 e. The van der Waals surface area contributed by atoms with Gasteiger partial charge in [0.15, 0.2) is 0 Å². The molecule has 0 aromatic heterocycles. The quantitative estimate of drug-likeness (QED) is 0.691. The highest BCUT2D eigenvalue weighted by Crippen LogP contribution is 2.22. The Morgan fingerprint density at radius 1 is 1.33 bits per heavy atom. The number of rotatable bonds is 6. The molecular weight excluding hydrogens is 254 g/mol. The third kappa shape index (κ3) is 3.21. The van der Waals surface area contributed by atoms with E-state index in [1.807, 2.05) is 0 Å². The Morgan fingerprint density at radius 3 is 2.56 bits per heavy atom. The molecule has 0 aromatic rings. The molecule has 2 fully saturated rings. The van der Waals surface area contributed by atoms with Crippen molar-refractivity contribution in [3.8, 4) is 0 Å². The van der Waals surface area contributed by atoms with Crippen molar-refractivity contribution in [1.82, 2.24) is 14.5 Å². The molecule has 0 radical (unpaired) electrons. The number of nitrogens with one attached hydrogen (secondary N) is 1. The van der Waals surface area contributed by atoms with Gasteiger partial charge >= 0.3 is 0 Å². The van der Waals surface area contributed by atoms with E-state index in [2.05, 4.69) is 5.32 Å². The normalized spacial score (nSPS) is 25.2. The van der Waals surface area contributed by atoms with Gasteiger partial charge in [-0.15, -0.1) is 0 Å². The van der Waals surface area contributed by atoms with Gasteiger partial charge in [0, 0.05) is 33.2 Å². The van der Waals surface area contributed by atoms with Crippen LogP contribution in [-0.2, 0) is 14.8 Å². The second-order valence-electron chi connectivity index (χ2n) is 5.21. The topological polar surface area (TPSA) is 69.7 Å². The number of hydrogen-bond donors (Lipinski definition) is 1. The SMILES string of the molecule is CN(C)S(=O)(=O)CCN1CCC(NC2CC2)C1=O. The molecular formula is C11H21N3O3S. The van der Waals surface area contributed by atoms with E-state index >= 15 is 0 Å². The van der Waals surface area contributed by atoms with E-state index in [9.17, 15) is 13.2 Å². The fourth-order valence-corrected chi connectivity index (χ4v) is 2.87. The number of nitrogens with zero attached hydrogens (tertiary/aromatic N) is 2. The molecule has 1 N–H and O–H groups in total. The molecule has 6 nitrogen and oxygen atoms in total. The molecule has 1 atom stereocenters. The second kappa shape index (κ2) is 5.14. The largest absolute Gasteiger partial charge is 0.340 e. The van der Waals surface area contributed by atoms with E-state index in [4.69, 9.17) is 0 Å². The van der Waals surface area contributed by atoms with Gasteiger partial charge < -0.3 is 10.2 Å². The van der Waals surface area contributed by atoms with Gasteiger partial charge in [0.05, 0.1) is 11.8 Å². The van der Waals surface area contributed by atoms with E-state index in [1.54, 1.807) is 4.90 Å². The number of carbonyl (C=O) groups is 1. The van der Waals surface area contributed by atoms with Crippen molar-refractivity contribution in [3.63, 3.8) is 0 Å². The van der Waals surface area contributed by atoms with Gasteiger partial charge in [0.1, 0.15) is 0 Å². The Bertz CT molecular complexity index is 417. The first-order valence-electron chi connectivity index (χ1n) is 6.35. The molecule has 18 heavy (non-hydrogen) atoms. The zero-order valence-corrected chi connectivity index (χ0v) is 11.7. The Labute approximate surface area is 108 Å². The second-order valence-corrected chi connectivity index (χ2v) is 7.51. The van der Waals surface area contributed by atoms with Crippen LogP contribution >= 0.6 is 0 Å². The maximum absolute atomic E-state index is 12.0. The predicted molar refractivity (Wildman–Crippen MR) is 68.6 cm³/mol. The summed E-state index contributed by atoms with van der Waals surface area (Å²) in [5.41, 5.74) is 0. The van der Waals surface area contributed by atoms with Gasteiger partial charge in [0.2, 0.25) is 15.9 Å². The van der Waals surface area contributed by atoms with Crippen molar-refractivity contribution in [2.75, 3.05) is 32.9 Å². The summed E-state index contributed by atoms with van der Waals surface area (Å²) in [5, 5.41) is 3.30. The first-order valence-corrected chi connectivity index (χ1v) is 7.96. The molecule has 7 heteroatoms. The number of carbonyl (C=O) groups excluding carboxylic acids is 1. The van der Waals surface area contributed by atoms with Crippen molar-refractivity contribution in [2.24, 2.45) is 0 Å². The first kappa shape index (κ1) is 13.8. The van der Waals surface area contributed by atoms with Crippen LogP contribution in [-0.4, -0.2) is 68.6 Å². The molecule has 0 aromatic carbocycles. The van der Waals surface area contributed by atoms with Crippen LogP contribution in [0.3, 0.4) is 0 Å². The molecule has 2 rings (SSSR count). The average Bonchev–Trinajstić information content (AvgIpc) is 3.03. The van der Waals surface area contributed by atoms with Gasteiger partial charge in [-0.05, 0) is 19.3 Å². The van der Waals surface area contributed by atoms with E-state index in [0.29, 0.717) is 19.1 Å². The summed E-state index contributed by atoms with van der Waals surface area (Å²) >= 11 is 0. The van der Waals surface area contributed by atoms with Crippen molar-refractivity contribution < 1.29 is 13.2 Å². The molecule has 1 saturated heterocycles. The van der Waals surface area contributed by atoms with Gasteiger partial charge in [0.25, 0.3) is 0 Å². The Morgan fingerprint density at radius 2 is 2.00 bits per heavy atom. The van der Waals surface area contributed by atoms with Crippen molar-refractivity contribution in [1.29, 1.82) is 0 Å². The molecule has 1 aliphatic heterocycles. The Balaban J connectivity index is 1.82. The third-order valence-electron chi connectivity index (χ3n) is 3.49. The van der Waals surface area contributed by atoms with Crippen LogP contribution in [0.5, 0.6) is 0 Å². The minimum atomic E-state index is -3.22. The van der Waals surface area contributed by atoms with E-state index in [-0.39, 0.29) is 17.7 Å². The van der Waals surface area contributed by atoms with Crippen LogP contribution in [0.25, 0.3) is 0 Å². The number of likely N-dealkylation sites (tertiary alicyclic amines) is 1. The summed E-state index contributed by atoms with van der Waals surface area (Å²) in [7, 11) is -0.193. The Kier molecular flexibility index (Phi) is 3.93. The van der Waals surface area contributed by atoms with E-state index < -0.39 is 10.0 Å². The van der Waals surface area contributed by atoms with Crippen LogP contribution in [0.2, 0.25) is 0 Å². The molecule has 104 valence electrons. The minimum absolute atomic E-state index is 0.00187. The zero-order chi connectivity index (χ0) is 13.3. The fourth-order valence-electron chi connectivity index (χ4n) is 2.06. The van der Waals surface area contributed by atoms with Gasteiger partial charge in [-0.3, -0.25) is 4.79 Å². The lowest BCUT2D eigenvalue weighted by atomic mass is 10.2. The third-order valence-corrected chi connectivity index (χ3v) is 5.30. The van der Waals surface area contributed by atoms with Crippen molar-refractivity contribution >= 4 is 15.9 Å². The van der Waals surface area contributed by atoms with Crippen LogP contribution in [0, 0.1) is 0 Å². The molecule has 1 unspecified atom stereocenters. The van der Waals surface area contributed by atoms with E-state index in [0.717, 1.165) is 19.3 Å². The molecule has 1 amide bonds. The molecule has 2 aliphatic rings. The highest BCUT2D eigenvalue weighted by molar-refractivity contribution is 7.89. The molecule has 1 heterocycles. The van der Waals surface area contributed by atoms with Crippen LogP contribution in [0.4, 0.5) is 0 Å². The van der Waals surface area contributed by atoms with Crippen LogP contribution in [0.15, 0.2) is 0 Å². The van der Waals surface area contributed by atoms with Crippen molar-refractivity contribution in [2.45, 2.75) is 31.3 Å². The zero-order valence-electron chi connectivity index (χ0n) is 10.9. The molecule has 0 bridgehead atoms. The summed E-state index contributed by atoms with van der Waals surface area (Å²) in [6.45, 7) is 0.953. The van der Waals surface area contributed by atoms with Gasteiger partial charge in [-0.2, -0.15) is 0 Å². The lowest BCUT2D eigenvalue weighted by Gasteiger charge is -2.18. The first-order chi connectivity index (χ1) is 8.40. The summed E-state index contributed by atoms with van der Waals surface area (Å²) in [5.74, 6) is 0.0536. The van der Waals surface area contributed by atoms with Crippen molar-refractivity contribution in [3.05, 3.63) is 0 Å². The predicted octanol–water partition coefficient (Wildman–Crippen LogP) is -0.769. The lowest BCUT2D eigenvalue weighted by Crippen LogP contribution is -2.41. The maximum atomic E-state index is 12.0. The van der Waals surface area contributed by atoms with Gasteiger partial charge in [-0.25, -0.2) is 12.7 Å². The minimum Gasteiger partial charge on any atom is -0.340 e. The number of hydrogen-bond acceptors (Lipinski definition) is 4. The number of amides is 1. The average molecular weight is 275 g/mol. The highest BCUT2D eigenvalue weighted by Gasteiger charge is 2.35. The lowest BCUT2D eigenvalue weighted by molar-refractivity contribution is -0.129. The molecule has 1 aliphatic carbocycles. The maximum Gasteiger partial charge on any atom is 0.239 e. The van der Waals surface area contributed by atoms with Crippen LogP contribution < -0.4 is 5.32 Å². The number of sulfonamides is 1. The summed E-state index contributed by atoms with van der Waals surface area (Å²) < 4.78 is 24.5. The summed E-state index contributed by atoms with van der Waals surface area (Å²) in [6.07, 6.45) is 3.09. The molecule has 1 saturated carbocycles. The fraction of sp³-hybridized carbons (Fsp3) is 0.909. The van der Waals surface area contributed by atoms with E-state index in [1.165, 1.54) is 18.4 Å². The highest BCUT2D eigenvalue weighted by atomic mass is 32.2. The van der Waals surface area contributed by atoms with Crippen LogP contribution in [0.1, 0.15) is 19.3 Å². The standard InChI is InChI=1S/C11H21N3O3S/c1-13(2)18(16,17)8-7-14-6-5-10(11(14)15)12-9-3-4-9/h9-10,12H,3-8H2,1-2H3. The molecule has 0 spiro atoms. The van der Waals surface area contributed by atoms with Gasteiger partial charge in [-0.1, -0.05) is 0 Å². The monoisotopic (exact) mass is 275 g/mol. The summed E-state index contributed by atoms with van der Waals surface area (Å²) in [4.78, 5) is 13.7. The Hall–Kier alpha value is -0.660.